The van der Waals surface area contributed by atoms with Gasteiger partial charge in [0.05, 0.1) is 24.6 Å². The van der Waals surface area contributed by atoms with Crippen LogP contribution in [0.25, 0.3) is 0 Å². The van der Waals surface area contributed by atoms with Crippen LogP contribution in [-0.2, 0) is 4.79 Å². The summed E-state index contributed by atoms with van der Waals surface area (Å²) in [7, 11) is 1.41. The van der Waals surface area contributed by atoms with Crippen LogP contribution < -0.4 is 15.4 Å². The van der Waals surface area contributed by atoms with E-state index < -0.39 is 10.8 Å². The Morgan fingerprint density at radius 1 is 1.32 bits per heavy atom. The Morgan fingerprint density at radius 2 is 2.04 bits per heavy atom. The molecule has 0 aliphatic heterocycles. The molecule has 1 atom stereocenters. The predicted molar refractivity (Wildman–Crippen MR) is 96.1 cm³/mol. The van der Waals surface area contributed by atoms with E-state index in [4.69, 9.17) is 16.3 Å². The SMILES string of the molecule is COc1ccc(NC(=O)CNC(C)c2ccccc2Cl)c([N+](=O)[O-])c1. The summed E-state index contributed by atoms with van der Waals surface area (Å²) in [6.07, 6.45) is 0. The lowest BCUT2D eigenvalue weighted by molar-refractivity contribution is -0.384. The van der Waals surface area contributed by atoms with Crippen LogP contribution in [0.3, 0.4) is 0 Å². The minimum absolute atomic E-state index is 0.0183. The average Bonchev–Trinajstić information content (AvgIpc) is 2.60. The van der Waals surface area contributed by atoms with Crippen LogP contribution >= 0.6 is 11.6 Å². The minimum Gasteiger partial charge on any atom is -0.496 e. The molecule has 8 heteroatoms. The number of hydrogen-bond donors (Lipinski definition) is 2. The summed E-state index contributed by atoms with van der Waals surface area (Å²) in [6.45, 7) is 1.86. The fourth-order valence-corrected chi connectivity index (χ4v) is 2.57. The molecule has 25 heavy (non-hydrogen) atoms. The van der Waals surface area contributed by atoms with Crippen LogP contribution in [0, 0.1) is 10.1 Å². The van der Waals surface area contributed by atoms with E-state index in [2.05, 4.69) is 10.6 Å². The lowest BCUT2D eigenvalue weighted by atomic mass is 10.1. The second-order valence-electron chi connectivity index (χ2n) is 5.31. The first kappa shape index (κ1) is 18.7. The van der Waals surface area contributed by atoms with Crippen molar-refractivity contribution in [2.75, 3.05) is 19.0 Å². The van der Waals surface area contributed by atoms with Gasteiger partial charge in [0.1, 0.15) is 11.4 Å². The molecule has 0 radical (unpaired) electrons. The summed E-state index contributed by atoms with van der Waals surface area (Å²) in [6, 6.07) is 11.4. The highest BCUT2D eigenvalue weighted by atomic mass is 35.5. The highest BCUT2D eigenvalue weighted by Crippen LogP contribution is 2.29. The van der Waals surface area contributed by atoms with Crippen molar-refractivity contribution < 1.29 is 14.5 Å². The van der Waals surface area contributed by atoms with E-state index in [9.17, 15) is 14.9 Å². The van der Waals surface area contributed by atoms with Gasteiger partial charge in [0.25, 0.3) is 5.69 Å². The van der Waals surface area contributed by atoms with E-state index >= 15 is 0 Å². The van der Waals surface area contributed by atoms with Crippen molar-refractivity contribution in [1.82, 2.24) is 5.32 Å². The third-order valence-electron chi connectivity index (χ3n) is 3.62. The zero-order valence-corrected chi connectivity index (χ0v) is 14.5. The third-order valence-corrected chi connectivity index (χ3v) is 3.96. The predicted octanol–water partition coefficient (Wildman–Crippen LogP) is 3.55. The molecule has 2 N–H and O–H groups in total. The summed E-state index contributed by atoms with van der Waals surface area (Å²) < 4.78 is 4.96. The zero-order chi connectivity index (χ0) is 18.4. The van der Waals surface area contributed by atoms with Gasteiger partial charge in [-0.1, -0.05) is 29.8 Å². The highest BCUT2D eigenvalue weighted by molar-refractivity contribution is 6.31. The number of benzene rings is 2. The summed E-state index contributed by atoms with van der Waals surface area (Å²) in [4.78, 5) is 22.7. The molecule has 132 valence electrons. The summed E-state index contributed by atoms with van der Waals surface area (Å²) in [5.41, 5.74) is 0.752. The monoisotopic (exact) mass is 363 g/mol. The van der Waals surface area contributed by atoms with Gasteiger partial charge < -0.3 is 15.4 Å². The van der Waals surface area contributed by atoms with Crippen molar-refractivity contribution in [3.63, 3.8) is 0 Å². The molecule has 2 aromatic carbocycles. The van der Waals surface area contributed by atoms with E-state index in [0.717, 1.165) is 5.56 Å². The molecular formula is C17H18ClN3O4. The lowest BCUT2D eigenvalue weighted by Crippen LogP contribution is -2.30. The van der Waals surface area contributed by atoms with Gasteiger partial charge in [0.15, 0.2) is 0 Å². The van der Waals surface area contributed by atoms with Crippen LogP contribution in [0.15, 0.2) is 42.5 Å². The number of hydrogen-bond acceptors (Lipinski definition) is 5. The lowest BCUT2D eigenvalue weighted by Gasteiger charge is -2.15. The Bertz CT molecular complexity index is 782. The molecule has 0 aliphatic rings. The van der Waals surface area contributed by atoms with Crippen molar-refractivity contribution in [3.8, 4) is 5.75 Å². The second kappa shape index (κ2) is 8.46. The largest absolute Gasteiger partial charge is 0.496 e. The number of nitro groups is 1. The van der Waals surface area contributed by atoms with Gasteiger partial charge in [-0.3, -0.25) is 14.9 Å². The van der Waals surface area contributed by atoms with Gasteiger partial charge in [-0.2, -0.15) is 0 Å². The molecule has 2 aromatic rings. The van der Waals surface area contributed by atoms with Gasteiger partial charge in [-0.15, -0.1) is 0 Å². The first-order valence-electron chi connectivity index (χ1n) is 7.52. The van der Waals surface area contributed by atoms with Crippen LogP contribution in [0.4, 0.5) is 11.4 Å². The molecule has 0 aliphatic carbocycles. The second-order valence-corrected chi connectivity index (χ2v) is 5.72. The van der Waals surface area contributed by atoms with Crippen molar-refractivity contribution in [2.24, 2.45) is 0 Å². The molecular weight excluding hydrogens is 346 g/mol. The number of anilines is 1. The fourth-order valence-electron chi connectivity index (χ4n) is 2.27. The van der Waals surface area contributed by atoms with Crippen LogP contribution in [-0.4, -0.2) is 24.5 Å². The molecule has 2 rings (SSSR count). The maximum Gasteiger partial charge on any atom is 0.296 e. The smallest absolute Gasteiger partial charge is 0.296 e. The van der Waals surface area contributed by atoms with Gasteiger partial charge >= 0.3 is 0 Å². The van der Waals surface area contributed by atoms with Gasteiger partial charge in [0, 0.05) is 11.1 Å². The number of amides is 1. The van der Waals surface area contributed by atoms with E-state index in [0.29, 0.717) is 10.8 Å². The first-order chi connectivity index (χ1) is 11.9. The number of carbonyl (C=O) groups is 1. The molecule has 0 aromatic heterocycles. The van der Waals surface area contributed by atoms with Crippen LogP contribution in [0.2, 0.25) is 5.02 Å². The molecule has 0 heterocycles. The van der Waals surface area contributed by atoms with Gasteiger partial charge in [-0.05, 0) is 30.7 Å². The number of nitrogens with zero attached hydrogens (tertiary/aromatic N) is 1. The summed E-state index contributed by atoms with van der Waals surface area (Å²) >= 11 is 6.12. The number of halogens is 1. The number of nitrogens with one attached hydrogen (secondary N) is 2. The van der Waals surface area contributed by atoms with Crippen LogP contribution in [0.5, 0.6) is 5.75 Å². The molecule has 0 saturated carbocycles. The molecule has 7 nitrogen and oxygen atoms in total. The van der Waals surface area contributed by atoms with Crippen molar-refractivity contribution in [2.45, 2.75) is 13.0 Å². The molecule has 0 bridgehead atoms. The summed E-state index contributed by atoms with van der Waals surface area (Å²) in [5, 5.41) is 17.3. The van der Waals surface area contributed by atoms with E-state index in [1.165, 1.54) is 19.2 Å². The minimum atomic E-state index is -0.571. The molecule has 1 unspecified atom stereocenters. The Kier molecular flexibility index (Phi) is 6.32. The summed E-state index contributed by atoms with van der Waals surface area (Å²) in [5.74, 6) is -0.0534. The number of methoxy groups -OCH3 is 1. The molecule has 0 spiro atoms. The fraction of sp³-hybridized carbons (Fsp3) is 0.235. The standard InChI is InChI=1S/C17H18ClN3O4/c1-11(13-5-3-4-6-14(13)18)19-10-17(22)20-15-8-7-12(25-2)9-16(15)21(23)24/h3-9,11,19H,10H2,1-2H3,(H,20,22). The maximum absolute atomic E-state index is 12.1. The van der Waals surface area contributed by atoms with Crippen LogP contribution in [0.1, 0.15) is 18.5 Å². The average molecular weight is 364 g/mol. The van der Waals surface area contributed by atoms with E-state index in [1.807, 2.05) is 25.1 Å². The zero-order valence-electron chi connectivity index (χ0n) is 13.8. The number of nitro benzene ring substituents is 1. The highest BCUT2D eigenvalue weighted by Gasteiger charge is 2.18. The van der Waals surface area contributed by atoms with Crippen molar-refractivity contribution >= 4 is 28.9 Å². The Morgan fingerprint density at radius 3 is 2.68 bits per heavy atom. The molecule has 0 saturated heterocycles. The normalized spacial score (nSPS) is 11.6. The third kappa shape index (κ3) is 4.91. The molecule has 1 amide bonds. The van der Waals surface area contributed by atoms with E-state index in [1.54, 1.807) is 12.1 Å². The van der Waals surface area contributed by atoms with Gasteiger partial charge in [-0.25, -0.2) is 0 Å². The maximum atomic E-state index is 12.1. The number of carbonyl (C=O) groups excluding carboxylic acids is 1. The Balaban J connectivity index is 2.01. The number of rotatable bonds is 7. The Labute approximate surface area is 150 Å². The van der Waals surface area contributed by atoms with Crippen molar-refractivity contribution in [3.05, 3.63) is 63.2 Å². The first-order valence-corrected chi connectivity index (χ1v) is 7.90. The quantitative estimate of drug-likeness (QED) is 0.579. The van der Waals surface area contributed by atoms with E-state index in [-0.39, 0.29) is 24.0 Å². The molecule has 0 fully saturated rings. The Hall–Kier alpha value is -2.64. The van der Waals surface area contributed by atoms with Gasteiger partial charge in [0.2, 0.25) is 5.91 Å². The number of ether oxygens (including phenoxy) is 1. The topological polar surface area (TPSA) is 93.5 Å². The van der Waals surface area contributed by atoms with Crippen molar-refractivity contribution in [1.29, 1.82) is 0 Å².